The van der Waals surface area contributed by atoms with Gasteiger partial charge in [-0.05, 0) is 63.3 Å². The molecule has 0 saturated heterocycles. The molecule has 0 unspecified atom stereocenters. The maximum atomic E-state index is 14.0. The number of aliphatic hydroxyl groups excluding tert-OH is 1. The minimum Gasteiger partial charge on any atom is -0.393 e. The minimum atomic E-state index is -0.352. The molecule has 1 fully saturated rings. The van der Waals surface area contributed by atoms with Crippen LogP contribution in [0.2, 0.25) is 0 Å². The Morgan fingerprint density at radius 2 is 1.91 bits per heavy atom. The molecule has 1 spiro atoms. The predicted octanol–water partition coefficient (Wildman–Crippen LogP) is 3.88. The molecule has 0 bridgehead atoms. The highest BCUT2D eigenvalue weighted by Gasteiger charge is 2.45. The second kappa shape index (κ2) is 7.56. The van der Waals surface area contributed by atoms with Gasteiger partial charge in [-0.1, -0.05) is 6.07 Å². The van der Waals surface area contributed by atoms with Gasteiger partial charge in [0.1, 0.15) is 17.3 Å². The van der Waals surface area contributed by atoms with Gasteiger partial charge < -0.3 is 14.2 Å². The first-order chi connectivity index (χ1) is 16.4. The van der Waals surface area contributed by atoms with Crippen LogP contribution in [0.25, 0.3) is 33.5 Å². The summed E-state index contributed by atoms with van der Waals surface area (Å²) in [7, 11) is 1.69. The molecule has 4 aromatic rings. The molecule has 34 heavy (non-hydrogen) atoms. The van der Waals surface area contributed by atoms with E-state index in [1.807, 2.05) is 18.2 Å². The molecule has 6 rings (SSSR count). The van der Waals surface area contributed by atoms with Gasteiger partial charge in [-0.2, -0.15) is 0 Å². The summed E-state index contributed by atoms with van der Waals surface area (Å²) in [4.78, 5) is 26.8. The number of nitrogens with zero attached hydrogens (tertiary/aromatic N) is 5. The van der Waals surface area contributed by atoms with Crippen molar-refractivity contribution in [3.8, 4) is 22.6 Å². The molecule has 1 aliphatic carbocycles. The van der Waals surface area contributed by atoms with Crippen LogP contribution in [0.5, 0.6) is 0 Å². The maximum Gasteiger partial charge on any atom is 0.260 e. The van der Waals surface area contributed by atoms with E-state index in [0.717, 1.165) is 55.7 Å². The third-order valence-corrected chi connectivity index (χ3v) is 7.62. The molecule has 174 valence electrons. The van der Waals surface area contributed by atoms with Crippen molar-refractivity contribution < 1.29 is 9.50 Å². The Balaban J connectivity index is 1.60. The molecule has 1 aromatic carbocycles. The van der Waals surface area contributed by atoms with Gasteiger partial charge in [0.15, 0.2) is 0 Å². The molecule has 3 aromatic heterocycles. The molecule has 2 aliphatic rings. The molecule has 0 amide bonds. The molecule has 1 N–H and O–H groups in total. The number of benzene rings is 1. The Morgan fingerprint density at radius 1 is 1.12 bits per heavy atom. The molecule has 1 aliphatic heterocycles. The summed E-state index contributed by atoms with van der Waals surface area (Å²) >= 11 is 0. The molecule has 0 atom stereocenters. The molecule has 7 nitrogen and oxygen atoms in total. The maximum absolute atomic E-state index is 14.0. The minimum absolute atomic E-state index is 0.0736. The Morgan fingerprint density at radius 3 is 2.68 bits per heavy atom. The van der Waals surface area contributed by atoms with E-state index in [4.69, 9.17) is 4.98 Å². The fourth-order valence-electron chi connectivity index (χ4n) is 5.65. The van der Waals surface area contributed by atoms with E-state index in [-0.39, 0.29) is 22.9 Å². The number of aryl methyl sites for hydroxylation is 2. The summed E-state index contributed by atoms with van der Waals surface area (Å²) in [5, 5.41) is 10.7. The van der Waals surface area contributed by atoms with Crippen molar-refractivity contribution in [3.05, 3.63) is 64.3 Å². The van der Waals surface area contributed by atoms with Gasteiger partial charge >= 0.3 is 0 Å². The monoisotopic (exact) mass is 459 g/mol. The quantitative estimate of drug-likeness (QED) is 0.492. The molecular formula is C26H26FN5O2. The lowest BCUT2D eigenvalue weighted by Crippen LogP contribution is -2.32. The summed E-state index contributed by atoms with van der Waals surface area (Å²) in [6.45, 7) is 2.45. The Labute approximate surface area is 195 Å². The Hall–Kier alpha value is -3.39. The van der Waals surface area contributed by atoms with E-state index in [2.05, 4.69) is 14.5 Å². The van der Waals surface area contributed by atoms with E-state index in [1.165, 1.54) is 17.0 Å². The highest BCUT2D eigenvalue weighted by Crippen LogP contribution is 2.49. The highest BCUT2D eigenvalue weighted by molar-refractivity contribution is 5.87. The Kier molecular flexibility index (Phi) is 4.71. The zero-order valence-corrected chi connectivity index (χ0v) is 19.3. The van der Waals surface area contributed by atoms with E-state index in [1.54, 1.807) is 20.0 Å². The first-order valence-corrected chi connectivity index (χ1v) is 11.7. The van der Waals surface area contributed by atoms with Crippen LogP contribution in [-0.2, 0) is 19.0 Å². The van der Waals surface area contributed by atoms with Gasteiger partial charge in [0, 0.05) is 24.6 Å². The number of hydrogen-bond donors (Lipinski definition) is 1. The predicted molar refractivity (Wildman–Crippen MR) is 127 cm³/mol. The van der Waals surface area contributed by atoms with Crippen LogP contribution in [0.1, 0.15) is 43.6 Å². The number of fused-ring (bicyclic) bond motifs is 3. The van der Waals surface area contributed by atoms with Crippen LogP contribution in [0, 0.1) is 12.7 Å². The van der Waals surface area contributed by atoms with Crippen LogP contribution in [-0.4, -0.2) is 35.3 Å². The van der Waals surface area contributed by atoms with Crippen molar-refractivity contribution in [3.63, 3.8) is 0 Å². The number of aliphatic hydroxyl groups is 1. The standard InChI is InChI=1S/C26H26FN5O2/c1-15-19(27)4-6-21(29-15)22-23(16-3-5-20-18(13-16)24(34)31(2)14-28-20)32-12-11-26(25(32)30-22)9-7-17(33)8-10-26/h3-6,13-14,17,33H,7-12H2,1-2H3. The SMILES string of the molecule is Cc1nc(-c2nc3n(c2-c2ccc4ncn(C)c(=O)c4c2)CCC32CCC(O)CC2)ccc1F. The summed E-state index contributed by atoms with van der Waals surface area (Å²) in [6, 6.07) is 8.81. The lowest BCUT2D eigenvalue weighted by molar-refractivity contribution is 0.0942. The zero-order chi connectivity index (χ0) is 23.6. The lowest BCUT2D eigenvalue weighted by Gasteiger charge is -2.34. The van der Waals surface area contributed by atoms with Crippen molar-refractivity contribution in [2.75, 3.05) is 0 Å². The van der Waals surface area contributed by atoms with Gasteiger partial charge in [0.25, 0.3) is 5.56 Å². The number of rotatable bonds is 2. The fourth-order valence-corrected chi connectivity index (χ4v) is 5.65. The van der Waals surface area contributed by atoms with Crippen LogP contribution in [0.4, 0.5) is 4.39 Å². The van der Waals surface area contributed by atoms with E-state index in [9.17, 15) is 14.3 Å². The summed E-state index contributed by atoms with van der Waals surface area (Å²) in [5.41, 5.74) is 3.85. The number of aromatic nitrogens is 5. The second-order valence-electron chi connectivity index (χ2n) is 9.70. The lowest BCUT2D eigenvalue weighted by atomic mass is 9.72. The Bertz CT molecular complexity index is 1500. The van der Waals surface area contributed by atoms with Crippen molar-refractivity contribution in [1.29, 1.82) is 0 Å². The van der Waals surface area contributed by atoms with Crippen LogP contribution < -0.4 is 5.56 Å². The van der Waals surface area contributed by atoms with E-state index in [0.29, 0.717) is 28.0 Å². The largest absolute Gasteiger partial charge is 0.393 e. The second-order valence-corrected chi connectivity index (χ2v) is 9.70. The van der Waals surface area contributed by atoms with Gasteiger partial charge in [-0.15, -0.1) is 0 Å². The van der Waals surface area contributed by atoms with E-state index >= 15 is 0 Å². The van der Waals surface area contributed by atoms with Gasteiger partial charge in [0.05, 0.1) is 40.4 Å². The third kappa shape index (κ3) is 3.12. The van der Waals surface area contributed by atoms with Gasteiger partial charge in [0.2, 0.25) is 0 Å². The van der Waals surface area contributed by atoms with Crippen molar-refractivity contribution in [1.82, 2.24) is 24.1 Å². The van der Waals surface area contributed by atoms with Crippen LogP contribution in [0.3, 0.4) is 0 Å². The molecule has 4 heterocycles. The highest BCUT2D eigenvalue weighted by atomic mass is 19.1. The zero-order valence-electron chi connectivity index (χ0n) is 19.3. The summed E-state index contributed by atoms with van der Waals surface area (Å²) in [6.07, 6.45) is 5.57. The number of hydrogen-bond acceptors (Lipinski definition) is 5. The number of imidazole rings is 1. The van der Waals surface area contributed by atoms with Gasteiger partial charge in [-0.25, -0.2) is 19.3 Å². The first-order valence-electron chi connectivity index (χ1n) is 11.7. The normalized spacial score (nSPS) is 21.9. The van der Waals surface area contributed by atoms with Crippen LogP contribution in [0.15, 0.2) is 41.5 Å². The molecule has 1 saturated carbocycles. The molecular weight excluding hydrogens is 433 g/mol. The topological polar surface area (TPSA) is 85.8 Å². The third-order valence-electron chi connectivity index (χ3n) is 7.62. The smallest absolute Gasteiger partial charge is 0.260 e. The van der Waals surface area contributed by atoms with Crippen LogP contribution >= 0.6 is 0 Å². The molecule has 0 radical (unpaired) electrons. The fraction of sp³-hybridized carbons (Fsp3) is 0.385. The number of halogens is 1. The van der Waals surface area contributed by atoms with Crippen molar-refractivity contribution in [2.45, 2.75) is 57.1 Å². The number of pyridine rings is 1. The van der Waals surface area contributed by atoms with Crippen molar-refractivity contribution >= 4 is 10.9 Å². The van der Waals surface area contributed by atoms with E-state index < -0.39 is 0 Å². The summed E-state index contributed by atoms with van der Waals surface area (Å²) in [5.74, 6) is 0.655. The van der Waals surface area contributed by atoms with Gasteiger partial charge in [-0.3, -0.25) is 4.79 Å². The first kappa shape index (κ1) is 21.2. The average molecular weight is 460 g/mol. The van der Waals surface area contributed by atoms with Crippen molar-refractivity contribution in [2.24, 2.45) is 7.05 Å². The molecule has 8 heteroatoms. The average Bonchev–Trinajstić information content (AvgIpc) is 3.38. The summed E-state index contributed by atoms with van der Waals surface area (Å²) < 4.78 is 17.7.